The zero-order chi connectivity index (χ0) is 20.7. The van der Waals surface area contributed by atoms with Crippen LogP contribution in [-0.4, -0.2) is 52.2 Å². The van der Waals surface area contributed by atoms with Gasteiger partial charge in [0.25, 0.3) is 5.69 Å². The first kappa shape index (κ1) is 21.5. The minimum atomic E-state index is -1.72. The third kappa shape index (κ3) is 5.00. The molecule has 1 aromatic rings. The van der Waals surface area contributed by atoms with Crippen LogP contribution in [0.2, 0.25) is 0 Å². The normalized spacial score (nSPS) is 13.7. The number of esters is 2. The molecule has 0 bridgehead atoms. The molecule has 2 atom stereocenters. The number of nitro groups is 1. The summed E-state index contributed by atoms with van der Waals surface area (Å²) in [5.41, 5.74) is -1.51. The number of carbonyl (C=O) groups excluding carboxylic acids is 3. The average Bonchev–Trinajstić information content (AvgIpc) is 2.60. The van der Waals surface area contributed by atoms with Crippen molar-refractivity contribution in [3.05, 3.63) is 45.2 Å². The van der Waals surface area contributed by atoms with E-state index in [4.69, 9.17) is 4.74 Å². The lowest BCUT2D eigenvalue weighted by Crippen LogP contribution is -2.41. The van der Waals surface area contributed by atoms with Crippen LogP contribution in [0.4, 0.5) is 5.69 Å². The molecule has 0 aliphatic carbocycles. The summed E-state index contributed by atoms with van der Waals surface area (Å²) in [5.74, 6) is -6.56. The fraction of sp³-hybridized carbons (Fsp3) is 0.375. The van der Waals surface area contributed by atoms with Crippen molar-refractivity contribution in [1.29, 1.82) is 0 Å². The number of hydrogen-bond donors (Lipinski definition) is 1. The van der Waals surface area contributed by atoms with Crippen molar-refractivity contribution in [1.82, 2.24) is 0 Å². The van der Waals surface area contributed by atoms with Crippen molar-refractivity contribution in [2.45, 2.75) is 19.8 Å². The van der Waals surface area contributed by atoms with Gasteiger partial charge in [-0.3, -0.25) is 24.9 Å². The van der Waals surface area contributed by atoms with Gasteiger partial charge in [-0.1, -0.05) is 12.1 Å². The average molecular weight is 382 g/mol. The number of ketones is 1. The molecule has 0 fully saturated rings. The van der Waals surface area contributed by atoms with Gasteiger partial charge >= 0.3 is 17.7 Å². The molecule has 0 aliphatic heterocycles. The first-order valence-corrected chi connectivity index (χ1v) is 7.68. The van der Waals surface area contributed by atoms with E-state index in [0.29, 0.717) is 0 Å². The van der Waals surface area contributed by atoms with Gasteiger partial charge in [0.2, 0.25) is 0 Å². The first-order chi connectivity index (χ1) is 12.6. The van der Waals surface area contributed by atoms with Gasteiger partial charge in [-0.15, -0.1) is 0 Å². The zero-order valence-corrected chi connectivity index (χ0v) is 14.8. The predicted molar refractivity (Wildman–Crippen MR) is 89.1 cm³/mol. The molecule has 0 saturated carbocycles. The largest absolute Gasteiger partial charge is 0.465 e. The first-order valence-electron chi connectivity index (χ1n) is 7.68. The van der Waals surface area contributed by atoms with Gasteiger partial charge < -0.3 is 14.7 Å². The van der Waals surface area contributed by atoms with Crippen molar-refractivity contribution < 1.29 is 38.9 Å². The smallest absolute Gasteiger partial charge is 0.405 e. The second-order valence-corrected chi connectivity index (χ2v) is 5.32. The molecule has 2 unspecified atom stereocenters. The second kappa shape index (κ2) is 9.27. The number of methoxy groups -OCH3 is 1. The number of nitrogens with zero attached hydrogens (tertiary/aromatic N) is 2. The van der Waals surface area contributed by atoms with E-state index in [-0.39, 0.29) is 12.2 Å². The fourth-order valence-corrected chi connectivity index (χ4v) is 2.54. The lowest BCUT2D eigenvalue weighted by atomic mass is 9.80. The predicted octanol–water partition coefficient (Wildman–Crippen LogP) is 0.960. The lowest BCUT2D eigenvalue weighted by Gasteiger charge is -2.21. The monoisotopic (exact) mass is 382 g/mol. The summed E-state index contributed by atoms with van der Waals surface area (Å²) >= 11 is 0. The Morgan fingerprint density at radius 1 is 1.26 bits per heavy atom. The highest BCUT2D eigenvalue weighted by molar-refractivity contribution is 6.37. The molecule has 0 aliphatic rings. The Bertz CT molecular complexity index is 784. The quantitative estimate of drug-likeness (QED) is 0.131. The van der Waals surface area contributed by atoms with E-state index in [1.54, 1.807) is 0 Å². The molecular formula is C16H18N2O9. The van der Waals surface area contributed by atoms with Gasteiger partial charge in [0.1, 0.15) is 17.6 Å². The number of Topliss-reactive ketones (excluding diaryl/α,β-unsaturated/α-hetero) is 1. The molecule has 1 aromatic carbocycles. The molecular weight excluding hydrogens is 364 g/mol. The minimum absolute atomic E-state index is 0.0992. The van der Waals surface area contributed by atoms with Crippen LogP contribution in [0.1, 0.15) is 25.3 Å². The van der Waals surface area contributed by atoms with Crippen LogP contribution in [-0.2, 0) is 23.9 Å². The summed E-state index contributed by atoms with van der Waals surface area (Å²) in [7, 11) is 0.920. The molecule has 11 heteroatoms. The summed E-state index contributed by atoms with van der Waals surface area (Å²) < 4.78 is 9.28. The highest BCUT2D eigenvalue weighted by Gasteiger charge is 2.46. The van der Waals surface area contributed by atoms with Crippen LogP contribution >= 0.6 is 0 Å². The number of benzene rings is 1. The molecule has 0 aromatic heterocycles. The number of hydrogen-bond acceptors (Lipinski definition) is 9. The topological polar surface area (TPSA) is 159 Å². The van der Waals surface area contributed by atoms with Crippen LogP contribution in [0.3, 0.4) is 0 Å². The fourth-order valence-electron chi connectivity index (χ4n) is 2.54. The molecule has 27 heavy (non-hydrogen) atoms. The SMILES string of the molecule is CCOC(=O)C(C(C)=O)C(/C(C(=O)OC)=[N+](/[O-])O)c1cccc([N+](=O)[O-])c1. The minimum Gasteiger partial charge on any atom is -0.465 e. The summed E-state index contributed by atoms with van der Waals surface area (Å²) in [6.45, 7) is 2.40. The van der Waals surface area contributed by atoms with E-state index in [1.807, 2.05) is 0 Å². The van der Waals surface area contributed by atoms with Crippen molar-refractivity contribution in [2.75, 3.05) is 13.7 Å². The van der Waals surface area contributed by atoms with Gasteiger partial charge in [-0.05, 0) is 19.4 Å². The highest BCUT2D eigenvalue weighted by Crippen LogP contribution is 2.31. The van der Waals surface area contributed by atoms with Crippen molar-refractivity contribution in [3.8, 4) is 0 Å². The number of non-ortho nitro benzene ring substituents is 1. The maximum absolute atomic E-state index is 12.3. The van der Waals surface area contributed by atoms with Gasteiger partial charge in [-0.2, -0.15) is 0 Å². The summed E-state index contributed by atoms with van der Waals surface area (Å²) in [6.07, 6.45) is 0. The molecule has 0 amide bonds. The lowest BCUT2D eigenvalue weighted by molar-refractivity contribution is -0.726. The van der Waals surface area contributed by atoms with Crippen molar-refractivity contribution >= 4 is 29.1 Å². The standard InChI is InChI=1S/C16H18N2O9/c1-4-27-15(20)12(9(2)19)13(14(18(24)25)16(21)26-3)10-6-5-7-11(8-10)17(22)23/h5-8,12-13H,4H2,1-3H3,(H,24,25). The van der Waals surface area contributed by atoms with E-state index in [0.717, 1.165) is 26.2 Å². The summed E-state index contributed by atoms with van der Waals surface area (Å²) in [4.78, 5) is 45.9. The van der Waals surface area contributed by atoms with Gasteiger partial charge in [0.05, 0.1) is 18.6 Å². The molecule has 0 radical (unpaired) electrons. The Morgan fingerprint density at radius 2 is 1.89 bits per heavy atom. The number of carbonyl (C=O) groups is 3. The van der Waals surface area contributed by atoms with Crippen LogP contribution in [0.15, 0.2) is 24.3 Å². The Balaban J connectivity index is 3.75. The van der Waals surface area contributed by atoms with Crippen LogP contribution < -0.4 is 0 Å². The summed E-state index contributed by atoms with van der Waals surface area (Å²) in [5, 5.41) is 32.1. The van der Waals surface area contributed by atoms with E-state index in [9.17, 15) is 34.9 Å². The molecule has 1 N–H and O–H groups in total. The highest BCUT2D eigenvalue weighted by atomic mass is 16.8. The summed E-state index contributed by atoms with van der Waals surface area (Å²) in [6, 6.07) is 4.62. The Labute approximate surface area is 153 Å². The Morgan fingerprint density at radius 3 is 2.33 bits per heavy atom. The maximum Gasteiger partial charge on any atom is 0.405 e. The zero-order valence-electron chi connectivity index (χ0n) is 14.8. The van der Waals surface area contributed by atoms with Gasteiger partial charge in [-0.25, -0.2) is 4.79 Å². The van der Waals surface area contributed by atoms with Crippen molar-refractivity contribution in [3.63, 3.8) is 0 Å². The molecule has 0 heterocycles. The number of nitro benzene ring substituents is 1. The van der Waals surface area contributed by atoms with E-state index < -0.39 is 50.8 Å². The molecule has 146 valence electrons. The molecule has 0 saturated heterocycles. The third-order valence-electron chi connectivity index (χ3n) is 3.65. The molecule has 0 spiro atoms. The third-order valence-corrected chi connectivity index (χ3v) is 3.65. The number of ether oxygens (including phenoxy) is 2. The van der Waals surface area contributed by atoms with E-state index in [1.165, 1.54) is 19.1 Å². The Hall–Kier alpha value is -3.50. The van der Waals surface area contributed by atoms with E-state index >= 15 is 0 Å². The van der Waals surface area contributed by atoms with Gasteiger partial charge in [0.15, 0.2) is 0 Å². The van der Waals surface area contributed by atoms with Crippen LogP contribution in [0, 0.1) is 21.2 Å². The second-order valence-electron chi connectivity index (χ2n) is 5.32. The molecule has 11 nitrogen and oxygen atoms in total. The van der Waals surface area contributed by atoms with Crippen LogP contribution in [0.5, 0.6) is 0 Å². The maximum atomic E-state index is 12.3. The number of rotatable bonds is 8. The van der Waals surface area contributed by atoms with Gasteiger partial charge in [0, 0.05) is 17.0 Å². The molecule has 1 rings (SSSR count). The van der Waals surface area contributed by atoms with E-state index in [2.05, 4.69) is 4.74 Å². The Kier molecular flexibility index (Phi) is 7.39. The van der Waals surface area contributed by atoms with Crippen LogP contribution in [0.25, 0.3) is 0 Å². The van der Waals surface area contributed by atoms with Crippen molar-refractivity contribution in [2.24, 2.45) is 5.92 Å².